The minimum Gasteiger partial charge on any atom is -0.481 e. The van der Waals surface area contributed by atoms with Crippen LogP contribution in [0.3, 0.4) is 0 Å². The molecule has 116 valence electrons. The number of hydrogen-bond acceptors (Lipinski definition) is 3. The zero-order valence-corrected chi connectivity index (χ0v) is 13.2. The van der Waals surface area contributed by atoms with E-state index in [1.54, 1.807) is 34.7 Å². The Morgan fingerprint density at radius 2 is 1.75 bits per heavy atom. The number of carboxylic acid groups (broad SMARTS) is 1. The topological polar surface area (TPSA) is 86.7 Å². The lowest BCUT2D eigenvalue weighted by atomic mass is 9.76. The number of carbonyl (C=O) groups is 3. The molecule has 2 unspecified atom stereocenters. The molecule has 0 aliphatic rings. The predicted octanol–water partition coefficient (Wildman–Crippen LogP) is 1.11. The van der Waals surface area contributed by atoms with Crippen LogP contribution in [0.5, 0.6) is 0 Å². The molecule has 0 aromatic carbocycles. The fourth-order valence-electron chi connectivity index (χ4n) is 1.70. The normalized spacial score (nSPS) is 15.3. The van der Waals surface area contributed by atoms with E-state index >= 15 is 0 Å². The second-order valence-corrected chi connectivity index (χ2v) is 5.70. The predicted molar refractivity (Wildman–Crippen MR) is 76.1 cm³/mol. The molecule has 0 radical (unpaired) electrons. The van der Waals surface area contributed by atoms with E-state index in [4.69, 9.17) is 0 Å². The van der Waals surface area contributed by atoms with Gasteiger partial charge in [-0.05, 0) is 26.7 Å². The molecule has 0 fully saturated rings. The SMILES string of the molecule is CCN(C)C(=O)C(C)NC(=O)CC(C)(C(=O)O)C(C)C. The number of amides is 2. The molecule has 2 atom stereocenters. The van der Waals surface area contributed by atoms with Gasteiger partial charge in [-0.2, -0.15) is 0 Å². The largest absolute Gasteiger partial charge is 0.481 e. The van der Waals surface area contributed by atoms with Crippen molar-refractivity contribution in [3.63, 3.8) is 0 Å². The lowest BCUT2D eigenvalue weighted by Crippen LogP contribution is -2.47. The van der Waals surface area contributed by atoms with E-state index in [1.807, 2.05) is 6.92 Å². The molecule has 6 nitrogen and oxygen atoms in total. The van der Waals surface area contributed by atoms with Crippen LogP contribution in [0.2, 0.25) is 0 Å². The van der Waals surface area contributed by atoms with E-state index < -0.39 is 23.3 Å². The summed E-state index contributed by atoms with van der Waals surface area (Å²) in [4.78, 5) is 36.6. The van der Waals surface area contributed by atoms with Crippen LogP contribution < -0.4 is 5.32 Å². The Morgan fingerprint density at radius 1 is 1.25 bits per heavy atom. The molecule has 6 heteroatoms. The second kappa shape index (κ2) is 7.26. The van der Waals surface area contributed by atoms with Gasteiger partial charge in [-0.1, -0.05) is 13.8 Å². The van der Waals surface area contributed by atoms with Crippen molar-refractivity contribution in [3.8, 4) is 0 Å². The number of likely N-dealkylation sites (N-methyl/N-ethyl adjacent to an activating group) is 1. The lowest BCUT2D eigenvalue weighted by Gasteiger charge is -2.29. The first-order valence-corrected chi connectivity index (χ1v) is 6.84. The van der Waals surface area contributed by atoms with Gasteiger partial charge in [0.2, 0.25) is 11.8 Å². The third kappa shape index (κ3) is 4.51. The van der Waals surface area contributed by atoms with Crippen molar-refractivity contribution in [2.75, 3.05) is 13.6 Å². The van der Waals surface area contributed by atoms with Crippen LogP contribution in [-0.2, 0) is 14.4 Å². The Morgan fingerprint density at radius 3 is 2.10 bits per heavy atom. The minimum absolute atomic E-state index is 0.145. The first-order chi connectivity index (χ1) is 9.06. The van der Waals surface area contributed by atoms with Crippen molar-refractivity contribution in [1.82, 2.24) is 10.2 Å². The van der Waals surface area contributed by atoms with Crippen molar-refractivity contribution in [2.24, 2.45) is 11.3 Å². The zero-order chi connectivity index (χ0) is 16.1. The van der Waals surface area contributed by atoms with Gasteiger partial charge in [0, 0.05) is 20.0 Å². The Labute approximate surface area is 120 Å². The summed E-state index contributed by atoms with van der Waals surface area (Å²) < 4.78 is 0. The van der Waals surface area contributed by atoms with Crippen molar-refractivity contribution in [3.05, 3.63) is 0 Å². The van der Waals surface area contributed by atoms with Gasteiger partial charge < -0.3 is 15.3 Å². The Bertz CT molecular complexity index is 381. The summed E-state index contributed by atoms with van der Waals surface area (Å²) in [6.07, 6.45) is -0.145. The molecule has 0 aliphatic heterocycles. The Balaban J connectivity index is 4.71. The van der Waals surface area contributed by atoms with Crippen LogP contribution in [0.25, 0.3) is 0 Å². The Hall–Kier alpha value is -1.59. The standard InChI is InChI=1S/C14H26N2O4/c1-7-16(6)12(18)10(4)15-11(17)8-14(5,9(2)3)13(19)20/h9-10H,7-8H2,1-6H3,(H,15,17)(H,19,20). The molecule has 0 rings (SSSR count). The molecule has 0 saturated heterocycles. The second-order valence-electron chi connectivity index (χ2n) is 5.70. The molecule has 0 saturated carbocycles. The van der Waals surface area contributed by atoms with E-state index in [0.29, 0.717) is 6.54 Å². The average molecular weight is 286 g/mol. The van der Waals surface area contributed by atoms with E-state index in [-0.39, 0.29) is 18.2 Å². The van der Waals surface area contributed by atoms with E-state index in [0.717, 1.165) is 0 Å². The first-order valence-electron chi connectivity index (χ1n) is 6.84. The summed E-state index contributed by atoms with van der Waals surface area (Å²) in [7, 11) is 1.65. The summed E-state index contributed by atoms with van der Waals surface area (Å²) in [6, 6.07) is -0.655. The van der Waals surface area contributed by atoms with Crippen LogP contribution in [0.15, 0.2) is 0 Å². The third-order valence-corrected chi connectivity index (χ3v) is 3.89. The smallest absolute Gasteiger partial charge is 0.310 e. The van der Waals surface area contributed by atoms with Crippen molar-refractivity contribution < 1.29 is 19.5 Å². The minimum atomic E-state index is -1.14. The van der Waals surface area contributed by atoms with Gasteiger partial charge in [0.15, 0.2) is 0 Å². The van der Waals surface area contributed by atoms with E-state index in [9.17, 15) is 19.5 Å². The number of nitrogens with zero attached hydrogens (tertiary/aromatic N) is 1. The fraction of sp³-hybridized carbons (Fsp3) is 0.786. The molecule has 0 aliphatic carbocycles. The molecular weight excluding hydrogens is 260 g/mol. The van der Waals surface area contributed by atoms with Gasteiger partial charge >= 0.3 is 5.97 Å². The number of hydrogen-bond donors (Lipinski definition) is 2. The monoisotopic (exact) mass is 286 g/mol. The Kier molecular flexibility index (Phi) is 6.68. The molecule has 0 heterocycles. The molecule has 2 amide bonds. The average Bonchev–Trinajstić information content (AvgIpc) is 2.35. The highest BCUT2D eigenvalue weighted by Gasteiger charge is 2.39. The molecule has 20 heavy (non-hydrogen) atoms. The van der Waals surface area contributed by atoms with Crippen molar-refractivity contribution in [2.45, 2.75) is 47.1 Å². The van der Waals surface area contributed by atoms with E-state index in [1.165, 1.54) is 4.90 Å². The van der Waals surface area contributed by atoms with Crippen LogP contribution in [0.1, 0.15) is 41.0 Å². The van der Waals surface area contributed by atoms with Gasteiger partial charge in [0.25, 0.3) is 0 Å². The summed E-state index contributed by atoms with van der Waals surface area (Å²) in [6.45, 7) is 9.07. The number of carbonyl (C=O) groups excluding carboxylic acids is 2. The number of aliphatic carboxylic acids is 1. The number of carboxylic acids is 1. The highest BCUT2D eigenvalue weighted by atomic mass is 16.4. The summed E-state index contributed by atoms with van der Waals surface area (Å²) in [5.74, 6) is -1.81. The highest BCUT2D eigenvalue weighted by molar-refractivity contribution is 5.89. The van der Waals surface area contributed by atoms with Crippen molar-refractivity contribution >= 4 is 17.8 Å². The summed E-state index contributed by atoms with van der Waals surface area (Å²) in [5.41, 5.74) is -1.14. The van der Waals surface area contributed by atoms with E-state index in [2.05, 4.69) is 5.32 Å². The first kappa shape index (κ1) is 18.4. The summed E-state index contributed by atoms with van der Waals surface area (Å²) >= 11 is 0. The van der Waals surface area contributed by atoms with Gasteiger partial charge in [-0.25, -0.2) is 0 Å². The van der Waals surface area contributed by atoms with Gasteiger partial charge in [0.1, 0.15) is 6.04 Å². The maximum Gasteiger partial charge on any atom is 0.310 e. The maximum atomic E-state index is 11.9. The third-order valence-electron chi connectivity index (χ3n) is 3.89. The molecule has 2 N–H and O–H groups in total. The van der Waals surface area contributed by atoms with Crippen LogP contribution in [0, 0.1) is 11.3 Å². The van der Waals surface area contributed by atoms with Crippen LogP contribution in [-0.4, -0.2) is 47.4 Å². The molecule has 0 spiro atoms. The quantitative estimate of drug-likeness (QED) is 0.734. The number of nitrogens with one attached hydrogen (secondary N) is 1. The van der Waals surface area contributed by atoms with Crippen LogP contribution >= 0.6 is 0 Å². The zero-order valence-electron chi connectivity index (χ0n) is 13.2. The summed E-state index contributed by atoms with van der Waals surface area (Å²) in [5, 5.41) is 11.8. The van der Waals surface area contributed by atoms with Crippen LogP contribution in [0.4, 0.5) is 0 Å². The molecular formula is C14H26N2O4. The number of rotatable bonds is 7. The van der Waals surface area contributed by atoms with Crippen molar-refractivity contribution in [1.29, 1.82) is 0 Å². The van der Waals surface area contributed by atoms with Gasteiger partial charge in [-0.15, -0.1) is 0 Å². The van der Waals surface area contributed by atoms with Gasteiger partial charge in [0.05, 0.1) is 5.41 Å². The molecule has 0 bridgehead atoms. The molecule has 0 aromatic heterocycles. The fourth-order valence-corrected chi connectivity index (χ4v) is 1.70. The van der Waals surface area contributed by atoms with Gasteiger partial charge in [-0.3, -0.25) is 14.4 Å². The lowest BCUT2D eigenvalue weighted by molar-refractivity contribution is -0.153. The maximum absolute atomic E-state index is 11.9. The molecule has 0 aromatic rings. The highest BCUT2D eigenvalue weighted by Crippen LogP contribution is 2.31.